The minimum Gasteiger partial charge on any atom is -0.486 e. The number of hydrogen-bond acceptors (Lipinski definition) is 5. The van der Waals surface area contributed by atoms with Crippen molar-refractivity contribution in [3.05, 3.63) is 23.8 Å². The van der Waals surface area contributed by atoms with E-state index in [0.29, 0.717) is 19.6 Å². The van der Waals surface area contributed by atoms with Gasteiger partial charge in [-0.25, -0.2) is 0 Å². The second kappa shape index (κ2) is 7.75. The van der Waals surface area contributed by atoms with Crippen molar-refractivity contribution < 1.29 is 19.0 Å². The van der Waals surface area contributed by atoms with E-state index >= 15 is 0 Å². The number of esters is 1. The maximum Gasteiger partial charge on any atom is 0.305 e. The zero-order valence-corrected chi connectivity index (χ0v) is 11.8. The number of hydrogen-bond donors (Lipinski definition) is 1. The minimum atomic E-state index is -0.154. The number of benzene rings is 1. The molecule has 1 aromatic rings. The molecule has 1 aliphatic rings. The number of carbonyl (C=O) groups is 1. The molecule has 0 fully saturated rings. The van der Waals surface area contributed by atoms with Crippen LogP contribution in [-0.4, -0.2) is 39.4 Å². The molecule has 2 rings (SSSR count). The van der Waals surface area contributed by atoms with E-state index in [2.05, 4.69) is 16.1 Å². The van der Waals surface area contributed by atoms with Crippen molar-refractivity contribution in [3.8, 4) is 11.5 Å². The summed E-state index contributed by atoms with van der Waals surface area (Å²) in [5.41, 5.74) is 1.22. The summed E-state index contributed by atoms with van der Waals surface area (Å²) in [7, 11) is 1.41. The molecule has 0 atom stereocenters. The Morgan fingerprint density at radius 1 is 1.25 bits per heavy atom. The predicted octanol–water partition coefficient (Wildman–Crippen LogP) is 1.54. The smallest absolute Gasteiger partial charge is 0.305 e. The highest BCUT2D eigenvalue weighted by atomic mass is 16.6. The van der Waals surface area contributed by atoms with E-state index < -0.39 is 0 Å². The van der Waals surface area contributed by atoms with Crippen LogP contribution >= 0.6 is 0 Å². The van der Waals surface area contributed by atoms with Gasteiger partial charge in [0.1, 0.15) is 13.2 Å². The Hall–Kier alpha value is -1.75. The fourth-order valence-electron chi connectivity index (χ4n) is 2.06. The third-order valence-electron chi connectivity index (χ3n) is 3.16. The number of carbonyl (C=O) groups excluding carboxylic acids is 1. The fraction of sp³-hybridized carbons (Fsp3) is 0.533. The molecule has 20 heavy (non-hydrogen) atoms. The van der Waals surface area contributed by atoms with Crippen molar-refractivity contribution in [1.29, 1.82) is 0 Å². The number of rotatable bonds is 7. The van der Waals surface area contributed by atoms with Crippen molar-refractivity contribution >= 4 is 5.97 Å². The normalized spacial score (nSPS) is 13.1. The van der Waals surface area contributed by atoms with Gasteiger partial charge in [-0.3, -0.25) is 4.79 Å². The summed E-state index contributed by atoms with van der Waals surface area (Å²) >= 11 is 0. The van der Waals surface area contributed by atoms with Crippen LogP contribution in [0.2, 0.25) is 0 Å². The summed E-state index contributed by atoms with van der Waals surface area (Å²) in [5.74, 6) is 1.50. The predicted molar refractivity (Wildman–Crippen MR) is 75.3 cm³/mol. The first-order chi connectivity index (χ1) is 9.79. The Morgan fingerprint density at radius 3 is 2.85 bits per heavy atom. The second-order valence-corrected chi connectivity index (χ2v) is 4.66. The largest absolute Gasteiger partial charge is 0.486 e. The van der Waals surface area contributed by atoms with Gasteiger partial charge in [-0.2, -0.15) is 0 Å². The molecule has 1 aliphatic heterocycles. The minimum absolute atomic E-state index is 0.154. The molecule has 0 saturated heterocycles. The van der Waals surface area contributed by atoms with Gasteiger partial charge in [0.15, 0.2) is 11.5 Å². The SMILES string of the molecule is COC(=O)CCCNCCc1ccc2c(c1)OCCO2. The van der Waals surface area contributed by atoms with Crippen LogP contribution in [0, 0.1) is 0 Å². The quantitative estimate of drug-likeness (QED) is 0.606. The number of methoxy groups -OCH3 is 1. The van der Waals surface area contributed by atoms with Crippen molar-refractivity contribution in [1.82, 2.24) is 5.32 Å². The Bertz CT molecular complexity index is 447. The average Bonchev–Trinajstić information content (AvgIpc) is 2.50. The maximum atomic E-state index is 10.9. The van der Waals surface area contributed by atoms with Crippen LogP contribution in [-0.2, 0) is 16.0 Å². The summed E-state index contributed by atoms with van der Waals surface area (Å²) in [6.07, 6.45) is 2.19. The molecule has 0 unspecified atom stereocenters. The number of nitrogens with one attached hydrogen (secondary N) is 1. The Labute approximate surface area is 119 Å². The molecular formula is C15H21NO4. The van der Waals surface area contributed by atoms with Crippen LogP contribution in [0.5, 0.6) is 11.5 Å². The molecular weight excluding hydrogens is 258 g/mol. The van der Waals surface area contributed by atoms with E-state index in [1.807, 2.05) is 12.1 Å². The van der Waals surface area contributed by atoms with Crippen LogP contribution < -0.4 is 14.8 Å². The lowest BCUT2D eigenvalue weighted by atomic mass is 10.1. The van der Waals surface area contributed by atoms with Crippen molar-refractivity contribution in [3.63, 3.8) is 0 Å². The molecule has 1 N–H and O–H groups in total. The zero-order chi connectivity index (χ0) is 14.2. The Kier molecular flexibility index (Phi) is 5.68. The van der Waals surface area contributed by atoms with Gasteiger partial charge in [-0.15, -0.1) is 0 Å². The Morgan fingerprint density at radius 2 is 2.05 bits per heavy atom. The fourth-order valence-corrected chi connectivity index (χ4v) is 2.06. The van der Waals surface area contributed by atoms with Crippen molar-refractivity contribution in [2.45, 2.75) is 19.3 Å². The van der Waals surface area contributed by atoms with Crippen molar-refractivity contribution in [2.24, 2.45) is 0 Å². The van der Waals surface area contributed by atoms with Crippen LogP contribution in [0.4, 0.5) is 0 Å². The van der Waals surface area contributed by atoms with E-state index in [9.17, 15) is 4.79 Å². The molecule has 1 heterocycles. The summed E-state index contributed by atoms with van der Waals surface area (Å²) < 4.78 is 15.6. The number of ether oxygens (including phenoxy) is 3. The first kappa shape index (κ1) is 14.7. The molecule has 5 heteroatoms. The van der Waals surface area contributed by atoms with Gasteiger partial charge in [0.25, 0.3) is 0 Å². The van der Waals surface area contributed by atoms with E-state index in [1.54, 1.807) is 0 Å². The zero-order valence-electron chi connectivity index (χ0n) is 11.8. The molecule has 5 nitrogen and oxygen atoms in total. The highest BCUT2D eigenvalue weighted by molar-refractivity contribution is 5.69. The molecule has 0 aromatic heterocycles. The first-order valence-corrected chi connectivity index (χ1v) is 6.95. The van der Waals surface area contributed by atoms with Crippen molar-refractivity contribution in [2.75, 3.05) is 33.4 Å². The van der Waals surface area contributed by atoms with Crippen LogP contribution in [0.3, 0.4) is 0 Å². The lowest BCUT2D eigenvalue weighted by Crippen LogP contribution is -2.20. The van der Waals surface area contributed by atoms with E-state index in [1.165, 1.54) is 12.7 Å². The van der Waals surface area contributed by atoms with Gasteiger partial charge in [0.05, 0.1) is 7.11 Å². The highest BCUT2D eigenvalue weighted by Crippen LogP contribution is 2.30. The first-order valence-electron chi connectivity index (χ1n) is 6.95. The van der Waals surface area contributed by atoms with E-state index in [4.69, 9.17) is 9.47 Å². The molecule has 0 spiro atoms. The van der Waals surface area contributed by atoms with Gasteiger partial charge >= 0.3 is 5.97 Å². The summed E-state index contributed by atoms with van der Waals surface area (Å²) in [4.78, 5) is 10.9. The van der Waals surface area contributed by atoms with Crippen LogP contribution in [0.25, 0.3) is 0 Å². The molecule has 0 bridgehead atoms. The topological polar surface area (TPSA) is 56.8 Å². The van der Waals surface area contributed by atoms with E-state index in [-0.39, 0.29) is 5.97 Å². The van der Waals surface area contributed by atoms with Gasteiger partial charge in [-0.05, 0) is 43.6 Å². The lowest BCUT2D eigenvalue weighted by molar-refractivity contribution is -0.140. The average molecular weight is 279 g/mol. The maximum absolute atomic E-state index is 10.9. The van der Waals surface area contributed by atoms with E-state index in [0.717, 1.165) is 37.4 Å². The second-order valence-electron chi connectivity index (χ2n) is 4.66. The molecule has 0 radical (unpaired) electrons. The summed E-state index contributed by atoms with van der Waals surface area (Å²) in [6.45, 7) is 2.93. The highest BCUT2D eigenvalue weighted by Gasteiger charge is 2.11. The molecule has 0 saturated carbocycles. The summed E-state index contributed by atoms with van der Waals surface area (Å²) in [5, 5.41) is 3.31. The Balaban J connectivity index is 1.65. The van der Waals surface area contributed by atoms with Gasteiger partial charge in [-0.1, -0.05) is 6.07 Å². The van der Waals surface area contributed by atoms with Gasteiger partial charge < -0.3 is 19.5 Å². The standard InChI is InChI=1S/C15H21NO4/c1-18-15(17)3-2-7-16-8-6-12-4-5-13-14(11-12)20-10-9-19-13/h4-5,11,16H,2-3,6-10H2,1H3. The number of fused-ring (bicyclic) bond motifs is 1. The van der Waals surface area contributed by atoms with Gasteiger partial charge in [0.2, 0.25) is 0 Å². The third-order valence-corrected chi connectivity index (χ3v) is 3.16. The third kappa shape index (κ3) is 4.42. The molecule has 110 valence electrons. The van der Waals surface area contributed by atoms with Crippen LogP contribution in [0.1, 0.15) is 18.4 Å². The summed E-state index contributed by atoms with van der Waals surface area (Å²) in [6, 6.07) is 6.05. The molecule has 0 amide bonds. The lowest BCUT2D eigenvalue weighted by Gasteiger charge is -2.18. The molecule has 0 aliphatic carbocycles. The van der Waals surface area contributed by atoms with Gasteiger partial charge in [0, 0.05) is 6.42 Å². The molecule has 1 aromatic carbocycles. The van der Waals surface area contributed by atoms with Crippen LogP contribution in [0.15, 0.2) is 18.2 Å². The monoisotopic (exact) mass is 279 g/mol.